The minimum atomic E-state index is -0.847. The molecule has 2 aromatic heterocycles. The van der Waals surface area contributed by atoms with Gasteiger partial charge in [-0.2, -0.15) is 10.1 Å². The first-order chi connectivity index (χ1) is 7.61. The van der Waals surface area contributed by atoms with Crippen molar-refractivity contribution in [3.05, 3.63) is 23.8 Å². The summed E-state index contributed by atoms with van der Waals surface area (Å²) >= 11 is 0. The lowest BCUT2D eigenvalue weighted by Crippen LogP contribution is -2.11. The first-order valence-electron chi connectivity index (χ1n) is 5.03. The minimum Gasteiger partial charge on any atom is -0.481 e. The first kappa shape index (κ1) is 10.5. The van der Waals surface area contributed by atoms with E-state index in [1.807, 2.05) is 6.92 Å². The summed E-state index contributed by atoms with van der Waals surface area (Å²) in [6, 6.07) is 0. The van der Waals surface area contributed by atoms with Crippen molar-refractivity contribution in [2.75, 3.05) is 0 Å². The van der Waals surface area contributed by atoms with Crippen molar-refractivity contribution in [3.8, 4) is 0 Å². The maximum absolute atomic E-state index is 11.0. The molecule has 0 aliphatic rings. The van der Waals surface area contributed by atoms with Gasteiger partial charge in [0.2, 0.25) is 0 Å². The van der Waals surface area contributed by atoms with Crippen LogP contribution in [0.1, 0.15) is 30.7 Å². The van der Waals surface area contributed by atoms with Crippen LogP contribution in [0.2, 0.25) is 0 Å². The Kier molecular flexibility index (Phi) is 2.55. The molecule has 1 N–H and O–H groups in total. The number of hydrogen-bond acceptors (Lipinski definition) is 4. The summed E-state index contributed by atoms with van der Waals surface area (Å²) < 4.78 is 1.51. The quantitative estimate of drug-likeness (QED) is 0.834. The number of carboxylic acids is 1. The van der Waals surface area contributed by atoms with Crippen molar-refractivity contribution in [3.63, 3.8) is 0 Å². The third-order valence-corrected chi connectivity index (χ3v) is 2.43. The largest absolute Gasteiger partial charge is 0.481 e. The standard InChI is InChI=1S/C10H12N4O2/c1-3-8(9(15)16)7-4-11-10-12-6(2)13-14(10)5-7/h4-5,8H,3H2,1-2H3,(H,15,16). The predicted molar refractivity (Wildman–Crippen MR) is 56.2 cm³/mol. The summed E-state index contributed by atoms with van der Waals surface area (Å²) in [4.78, 5) is 19.2. The fourth-order valence-corrected chi connectivity index (χ4v) is 1.63. The highest BCUT2D eigenvalue weighted by atomic mass is 16.4. The lowest BCUT2D eigenvalue weighted by atomic mass is 10.00. The van der Waals surface area contributed by atoms with Gasteiger partial charge < -0.3 is 5.11 Å². The number of aliphatic carboxylic acids is 1. The molecule has 0 fully saturated rings. The summed E-state index contributed by atoms with van der Waals surface area (Å²) in [5, 5.41) is 13.1. The van der Waals surface area contributed by atoms with Crippen molar-refractivity contribution in [2.24, 2.45) is 0 Å². The molecule has 2 rings (SSSR count). The van der Waals surface area contributed by atoms with Crippen LogP contribution in [-0.2, 0) is 4.79 Å². The van der Waals surface area contributed by atoms with Crippen LogP contribution in [0.25, 0.3) is 5.78 Å². The van der Waals surface area contributed by atoms with Crippen LogP contribution in [0.15, 0.2) is 12.4 Å². The number of aromatic nitrogens is 4. The summed E-state index contributed by atoms with van der Waals surface area (Å²) in [5.41, 5.74) is 0.646. The molecule has 0 amide bonds. The molecule has 0 spiro atoms. The lowest BCUT2D eigenvalue weighted by Gasteiger charge is -2.08. The highest BCUT2D eigenvalue weighted by molar-refractivity contribution is 5.75. The molecule has 2 heterocycles. The average Bonchev–Trinajstić information content (AvgIpc) is 2.57. The van der Waals surface area contributed by atoms with E-state index in [-0.39, 0.29) is 0 Å². The van der Waals surface area contributed by atoms with E-state index in [0.717, 1.165) is 0 Å². The third-order valence-electron chi connectivity index (χ3n) is 2.43. The maximum atomic E-state index is 11.0. The summed E-state index contributed by atoms with van der Waals surface area (Å²) in [6.07, 6.45) is 3.74. The van der Waals surface area contributed by atoms with Crippen LogP contribution < -0.4 is 0 Å². The Labute approximate surface area is 92.0 Å². The zero-order valence-corrected chi connectivity index (χ0v) is 9.08. The second-order valence-electron chi connectivity index (χ2n) is 3.59. The molecule has 84 valence electrons. The summed E-state index contributed by atoms with van der Waals surface area (Å²) in [6.45, 7) is 3.60. The van der Waals surface area contributed by atoms with Crippen molar-refractivity contribution < 1.29 is 9.90 Å². The van der Waals surface area contributed by atoms with Gasteiger partial charge in [-0.1, -0.05) is 6.92 Å². The Morgan fingerprint density at radius 2 is 2.38 bits per heavy atom. The van der Waals surface area contributed by atoms with E-state index >= 15 is 0 Å². The van der Waals surface area contributed by atoms with Crippen LogP contribution in [0, 0.1) is 6.92 Å². The van der Waals surface area contributed by atoms with Gasteiger partial charge in [0, 0.05) is 18.0 Å². The molecule has 0 aromatic carbocycles. The topological polar surface area (TPSA) is 80.4 Å². The number of carboxylic acid groups (broad SMARTS) is 1. The zero-order chi connectivity index (χ0) is 11.7. The van der Waals surface area contributed by atoms with Gasteiger partial charge in [-0.3, -0.25) is 4.79 Å². The van der Waals surface area contributed by atoms with E-state index in [0.29, 0.717) is 23.6 Å². The van der Waals surface area contributed by atoms with E-state index < -0.39 is 11.9 Å². The fourth-order valence-electron chi connectivity index (χ4n) is 1.63. The van der Waals surface area contributed by atoms with Gasteiger partial charge in [0.25, 0.3) is 5.78 Å². The van der Waals surface area contributed by atoms with Gasteiger partial charge in [-0.15, -0.1) is 0 Å². The number of hydrogen-bond donors (Lipinski definition) is 1. The zero-order valence-electron chi connectivity index (χ0n) is 9.08. The molecule has 0 aliphatic carbocycles. The summed E-state index contributed by atoms with van der Waals surface area (Å²) in [5.74, 6) is -0.281. The van der Waals surface area contributed by atoms with Gasteiger partial charge in [0.1, 0.15) is 5.82 Å². The van der Waals surface area contributed by atoms with E-state index in [4.69, 9.17) is 5.11 Å². The lowest BCUT2D eigenvalue weighted by molar-refractivity contribution is -0.138. The predicted octanol–water partition coefficient (Wildman–Crippen LogP) is 1.01. The Hall–Kier alpha value is -1.98. The minimum absolute atomic E-state index is 0.487. The van der Waals surface area contributed by atoms with Crippen LogP contribution in [0.5, 0.6) is 0 Å². The molecule has 16 heavy (non-hydrogen) atoms. The molecule has 1 atom stereocenters. The molecule has 0 saturated carbocycles. The SMILES string of the molecule is CCC(C(=O)O)c1cnc2nc(C)nn2c1. The van der Waals surface area contributed by atoms with Crippen molar-refractivity contribution >= 4 is 11.7 Å². The second kappa shape index (κ2) is 3.88. The number of fused-ring (bicyclic) bond motifs is 1. The molecule has 0 bridgehead atoms. The Morgan fingerprint density at radius 3 is 3.00 bits per heavy atom. The molecule has 0 saturated heterocycles. The van der Waals surface area contributed by atoms with E-state index in [1.54, 1.807) is 19.3 Å². The van der Waals surface area contributed by atoms with Gasteiger partial charge >= 0.3 is 5.97 Å². The van der Waals surface area contributed by atoms with Crippen LogP contribution >= 0.6 is 0 Å². The van der Waals surface area contributed by atoms with Crippen molar-refractivity contribution in [1.29, 1.82) is 0 Å². The number of rotatable bonds is 3. The van der Waals surface area contributed by atoms with Crippen LogP contribution in [-0.4, -0.2) is 30.7 Å². The van der Waals surface area contributed by atoms with Crippen LogP contribution in [0.4, 0.5) is 0 Å². The molecule has 1 unspecified atom stereocenters. The van der Waals surface area contributed by atoms with Gasteiger partial charge in [0.15, 0.2) is 0 Å². The Bertz CT molecular complexity index is 535. The van der Waals surface area contributed by atoms with E-state index in [2.05, 4.69) is 15.1 Å². The van der Waals surface area contributed by atoms with E-state index in [1.165, 1.54) is 4.52 Å². The highest BCUT2D eigenvalue weighted by Crippen LogP contribution is 2.18. The normalized spacial score (nSPS) is 12.9. The third kappa shape index (κ3) is 1.73. The smallest absolute Gasteiger partial charge is 0.311 e. The molecular formula is C10H12N4O2. The van der Waals surface area contributed by atoms with Gasteiger partial charge in [-0.05, 0) is 13.3 Å². The Morgan fingerprint density at radius 1 is 1.62 bits per heavy atom. The molecule has 2 aromatic rings. The fraction of sp³-hybridized carbons (Fsp3) is 0.400. The average molecular weight is 220 g/mol. The molecular weight excluding hydrogens is 208 g/mol. The van der Waals surface area contributed by atoms with Crippen molar-refractivity contribution in [1.82, 2.24) is 19.6 Å². The number of aryl methyl sites for hydroxylation is 1. The first-order valence-corrected chi connectivity index (χ1v) is 5.03. The number of carbonyl (C=O) groups is 1. The van der Waals surface area contributed by atoms with Gasteiger partial charge in [0.05, 0.1) is 5.92 Å². The van der Waals surface area contributed by atoms with Crippen molar-refractivity contribution in [2.45, 2.75) is 26.2 Å². The maximum Gasteiger partial charge on any atom is 0.311 e. The second-order valence-corrected chi connectivity index (χ2v) is 3.59. The summed E-state index contributed by atoms with van der Waals surface area (Å²) in [7, 11) is 0. The monoisotopic (exact) mass is 220 g/mol. The van der Waals surface area contributed by atoms with Gasteiger partial charge in [-0.25, -0.2) is 9.50 Å². The van der Waals surface area contributed by atoms with Crippen LogP contribution in [0.3, 0.4) is 0 Å². The highest BCUT2D eigenvalue weighted by Gasteiger charge is 2.18. The molecule has 6 nitrogen and oxygen atoms in total. The van der Waals surface area contributed by atoms with E-state index in [9.17, 15) is 4.79 Å². The molecule has 0 aliphatic heterocycles. The molecule has 0 radical (unpaired) electrons. The number of nitrogens with zero attached hydrogens (tertiary/aromatic N) is 4. The molecule has 6 heteroatoms. The Balaban J connectivity index is 2.48.